The molecule has 1 fully saturated rings. The van der Waals surface area contributed by atoms with Crippen molar-refractivity contribution < 1.29 is 14.2 Å². The standard InChI is InChI=1S/C15H21NO3/c1-2-15-13(4-6-19-15)9-12(1)3-5-16-10-14-11-17-7-8-18-14/h1-2,9,14,16H,3-8,10-11H2. The van der Waals surface area contributed by atoms with E-state index in [1.54, 1.807) is 0 Å². The van der Waals surface area contributed by atoms with Gasteiger partial charge in [0.2, 0.25) is 0 Å². The predicted octanol–water partition coefficient (Wildman–Crippen LogP) is 1.17. The molecule has 1 aromatic carbocycles. The van der Waals surface area contributed by atoms with Gasteiger partial charge in [-0.2, -0.15) is 0 Å². The van der Waals surface area contributed by atoms with Gasteiger partial charge in [-0.15, -0.1) is 0 Å². The summed E-state index contributed by atoms with van der Waals surface area (Å²) in [7, 11) is 0. The first-order chi connectivity index (χ1) is 9.42. The first kappa shape index (κ1) is 12.9. The third-order valence-corrected chi connectivity index (χ3v) is 3.60. The van der Waals surface area contributed by atoms with Crippen LogP contribution in [0.2, 0.25) is 0 Å². The largest absolute Gasteiger partial charge is 0.493 e. The molecule has 1 saturated heterocycles. The highest BCUT2D eigenvalue weighted by Crippen LogP contribution is 2.25. The fraction of sp³-hybridized carbons (Fsp3) is 0.600. The van der Waals surface area contributed by atoms with Crippen LogP contribution in [0.3, 0.4) is 0 Å². The van der Waals surface area contributed by atoms with E-state index in [-0.39, 0.29) is 6.10 Å². The van der Waals surface area contributed by atoms with Crippen molar-refractivity contribution in [2.45, 2.75) is 18.9 Å². The van der Waals surface area contributed by atoms with Crippen molar-refractivity contribution in [3.05, 3.63) is 29.3 Å². The molecule has 0 amide bonds. The van der Waals surface area contributed by atoms with E-state index in [2.05, 4.69) is 23.5 Å². The molecule has 2 aliphatic rings. The first-order valence-corrected chi connectivity index (χ1v) is 7.06. The number of fused-ring (bicyclic) bond motifs is 1. The molecule has 1 aromatic rings. The van der Waals surface area contributed by atoms with Gasteiger partial charge in [-0.1, -0.05) is 12.1 Å². The summed E-state index contributed by atoms with van der Waals surface area (Å²) in [5.41, 5.74) is 2.72. The number of benzene rings is 1. The molecule has 0 aromatic heterocycles. The van der Waals surface area contributed by atoms with Gasteiger partial charge in [-0.25, -0.2) is 0 Å². The maximum Gasteiger partial charge on any atom is 0.122 e. The second kappa shape index (κ2) is 6.37. The van der Waals surface area contributed by atoms with Gasteiger partial charge in [0.05, 0.1) is 32.5 Å². The molecule has 104 valence electrons. The molecule has 1 atom stereocenters. The average Bonchev–Trinajstić information content (AvgIpc) is 2.92. The van der Waals surface area contributed by atoms with Crippen LogP contribution in [-0.4, -0.2) is 45.6 Å². The van der Waals surface area contributed by atoms with E-state index in [4.69, 9.17) is 14.2 Å². The molecular weight excluding hydrogens is 242 g/mol. The highest BCUT2D eigenvalue weighted by atomic mass is 16.6. The van der Waals surface area contributed by atoms with Crippen molar-refractivity contribution in [1.82, 2.24) is 5.32 Å². The van der Waals surface area contributed by atoms with E-state index >= 15 is 0 Å². The fourth-order valence-electron chi connectivity index (χ4n) is 2.55. The lowest BCUT2D eigenvalue weighted by atomic mass is 10.1. The van der Waals surface area contributed by atoms with Crippen molar-refractivity contribution in [3.63, 3.8) is 0 Å². The molecule has 3 rings (SSSR count). The molecule has 0 spiro atoms. The SMILES string of the molecule is c1cc2c(cc1CCNCC1COCCO1)CCO2. The number of hydrogen-bond donors (Lipinski definition) is 1. The van der Waals surface area contributed by atoms with E-state index in [1.165, 1.54) is 11.1 Å². The summed E-state index contributed by atoms with van der Waals surface area (Å²) in [6.45, 7) is 4.83. The molecule has 2 heterocycles. The van der Waals surface area contributed by atoms with Crippen LogP contribution in [0.5, 0.6) is 5.75 Å². The number of nitrogens with one attached hydrogen (secondary N) is 1. The third kappa shape index (κ3) is 3.47. The Morgan fingerprint density at radius 1 is 1.21 bits per heavy atom. The lowest BCUT2D eigenvalue weighted by molar-refractivity contribution is -0.0862. The highest BCUT2D eigenvalue weighted by molar-refractivity contribution is 5.39. The van der Waals surface area contributed by atoms with E-state index < -0.39 is 0 Å². The van der Waals surface area contributed by atoms with Gasteiger partial charge in [0.25, 0.3) is 0 Å². The molecule has 4 nitrogen and oxygen atoms in total. The topological polar surface area (TPSA) is 39.7 Å². The summed E-state index contributed by atoms with van der Waals surface area (Å²) in [6.07, 6.45) is 2.30. The lowest BCUT2D eigenvalue weighted by Gasteiger charge is -2.23. The van der Waals surface area contributed by atoms with Crippen molar-refractivity contribution in [3.8, 4) is 5.75 Å². The van der Waals surface area contributed by atoms with Gasteiger partial charge in [0.15, 0.2) is 0 Å². The van der Waals surface area contributed by atoms with Crippen LogP contribution in [0, 0.1) is 0 Å². The van der Waals surface area contributed by atoms with Crippen LogP contribution in [-0.2, 0) is 22.3 Å². The van der Waals surface area contributed by atoms with Crippen molar-refractivity contribution in [1.29, 1.82) is 0 Å². The average molecular weight is 263 g/mol. The second-order valence-electron chi connectivity index (χ2n) is 5.06. The third-order valence-electron chi connectivity index (χ3n) is 3.60. The molecule has 2 aliphatic heterocycles. The van der Waals surface area contributed by atoms with E-state index in [0.717, 1.165) is 51.5 Å². The Morgan fingerprint density at radius 2 is 2.21 bits per heavy atom. The predicted molar refractivity (Wildman–Crippen MR) is 72.8 cm³/mol. The number of hydrogen-bond acceptors (Lipinski definition) is 4. The Kier molecular flexibility index (Phi) is 4.33. The smallest absolute Gasteiger partial charge is 0.122 e. The van der Waals surface area contributed by atoms with Crippen LogP contribution in [0.15, 0.2) is 18.2 Å². The highest BCUT2D eigenvalue weighted by Gasteiger charge is 2.14. The Labute approximate surface area is 114 Å². The van der Waals surface area contributed by atoms with Crippen LogP contribution in [0.4, 0.5) is 0 Å². The summed E-state index contributed by atoms with van der Waals surface area (Å²) in [5.74, 6) is 1.06. The Morgan fingerprint density at radius 3 is 3.11 bits per heavy atom. The van der Waals surface area contributed by atoms with E-state index in [0.29, 0.717) is 6.61 Å². The van der Waals surface area contributed by atoms with E-state index in [9.17, 15) is 0 Å². The molecule has 0 bridgehead atoms. The summed E-state index contributed by atoms with van der Waals surface area (Å²) >= 11 is 0. The Bertz CT molecular complexity index is 416. The lowest BCUT2D eigenvalue weighted by Crippen LogP contribution is -2.38. The number of rotatable bonds is 5. The van der Waals surface area contributed by atoms with Gasteiger partial charge in [-0.05, 0) is 30.2 Å². The zero-order valence-corrected chi connectivity index (χ0v) is 11.2. The van der Waals surface area contributed by atoms with Gasteiger partial charge in [-0.3, -0.25) is 0 Å². The van der Waals surface area contributed by atoms with Gasteiger partial charge < -0.3 is 19.5 Å². The van der Waals surface area contributed by atoms with Gasteiger partial charge in [0.1, 0.15) is 5.75 Å². The minimum Gasteiger partial charge on any atom is -0.493 e. The summed E-state index contributed by atoms with van der Waals surface area (Å²) in [4.78, 5) is 0. The summed E-state index contributed by atoms with van der Waals surface area (Å²) in [5, 5.41) is 3.44. The molecule has 0 aliphatic carbocycles. The molecule has 0 saturated carbocycles. The molecule has 1 N–H and O–H groups in total. The Hall–Kier alpha value is -1.10. The minimum absolute atomic E-state index is 0.210. The van der Waals surface area contributed by atoms with E-state index in [1.807, 2.05) is 0 Å². The molecular formula is C15H21NO3. The van der Waals surface area contributed by atoms with Crippen molar-refractivity contribution >= 4 is 0 Å². The van der Waals surface area contributed by atoms with Crippen LogP contribution >= 0.6 is 0 Å². The number of ether oxygens (including phenoxy) is 3. The zero-order chi connectivity index (χ0) is 12.9. The second-order valence-corrected chi connectivity index (χ2v) is 5.06. The maximum absolute atomic E-state index is 5.59. The maximum atomic E-state index is 5.59. The van der Waals surface area contributed by atoms with Gasteiger partial charge in [0, 0.05) is 13.0 Å². The van der Waals surface area contributed by atoms with Crippen LogP contribution in [0.25, 0.3) is 0 Å². The molecule has 19 heavy (non-hydrogen) atoms. The minimum atomic E-state index is 0.210. The van der Waals surface area contributed by atoms with Gasteiger partial charge >= 0.3 is 0 Å². The zero-order valence-electron chi connectivity index (χ0n) is 11.2. The molecule has 4 heteroatoms. The van der Waals surface area contributed by atoms with Crippen molar-refractivity contribution in [2.75, 3.05) is 39.5 Å². The Balaban J connectivity index is 1.40. The van der Waals surface area contributed by atoms with Crippen molar-refractivity contribution in [2.24, 2.45) is 0 Å². The molecule has 1 unspecified atom stereocenters. The van der Waals surface area contributed by atoms with Crippen LogP contribution < -0.4 is 10.1 Å². The van der Waals surface area contributed by atoms with Crippen LogP contribution in [0.1, 0.15) is 11.1 Å². The first-order valence-electron chi connectivity index (χ1n) is 7.06. The summed E-state index contributed by atoms with van der Waals surface area (Å²) < 4.78 is 16.5. The fourth-order valence-corrected chi connectivity index (χ4v) is 2.55. The summed E-state index contributed by atoms with van der Waals surface area (Å²) in [6, 6.07) is 6.52. The monoisotopic (exact) mass is 263 g/mol. The quantitative estimate of drug-likeness (QED) is 0.810. The normalized spacial score (nSPS) is 22.0. The molecule has 0 radical (unpaired) electrons.